The molecule has 1 aromatic rings. The molecule has 0 bridgehead atoms. The number of hydrogen-bond acceptors (Lipinski definition) is 4. The van der Waals surface area contributed by atoms with E-state index < -0.39 is 10.0 Å². The van der Waals surface area contributed by atoms with E-state index in [0.717, 1.165) is 5.56 Å². The molecule has 0 fully saturated rings. The molecule has 0 radical (unpaired) electrons. The molecular weight excluding hydrogens is 274 g/mol. The first-order valence-corrected chi connectivity index (χ1v) is 7.96. The minimum absolute atomic E-state index is 0.174. The first-order valence-electron chi connectivity index (χ1n) is 6.52. The van der Waals surface area contributed by atoms with Crippen LogP contribution < -0.4 is 5.73 Å². The monoisotopic (exact) mass is 295 g/mol. The zero-order valence-electron chi connectivity index (χ0n) is 12.1. The molecule has 0 unspecified atom stereocenters. The zero-order valence-corrected chi connectivity index (χ0v) is 12.9. The Morgan fingerprint density at radius 1 is 1.40 bits per heavy atom. The zero-order chi connectivity index (χ0) is 15.3. The van der Waals surface area contributed by atoms with E-state index in [1.165, 1.54) is 10.4 Å². The summed E-state index contributed by atoms with van der Waals surface area (Å²) in [5.74, 6) is 0.186. The molecule has 1 aromatic carbocycles. The van der Waals surface area contributed by atoms with Crippen LogP contribution in [0.5, 0.6) is 0 Å². The Balaban J connectivity index is 3.14. The predicted molar refractivity (Wildman–Crippen MR) is 79.4 cm³/mol. The van der Waals surface area contributed by atoms with Crippen LogP contribution >= 0.6 is 0 Å². The number of benzene rings is 1. The lowest BCUT2D eigenvalue weighted by Gasteiger charge is -2.23. The lowest BCUT2D eigenvalue weighted by atomic mass is 10.2. The number of rotatable bonds is 6. The molecule has 2 N–H and O–H groups in total. The first-order chi connectivity index (χ1) is 9.28. The van der Waals surface area contributed by atoms with Gasteiger partial charge >= 0.3 is 0 Å². The normalized spacial score (nSPS) is 11.8. The van der Waals surface area contributed by atoms with Gasteiger partial charge in [0.2, 0.25) is 10.0 Å². The van der Waals surface area contributed by atoms with Gasteiger partial charge in [-0.2, -0.15) is 9.57 Å². The molecule has 0 saturated carbocycles. The van der Waals surface area contributed by atoms with Crippen molar-refractivity contribution in [2.75, 3.05) is 18.8 Å². The van der Waals surface area contributed by atoms with Crippen LogP contribution in [0.2, 0.25) is 0 Å². The number of aryl methyl sites for hydroxylation is 1. The van der Waals surface area contributed by atoms with Crippen molar-refractivity contribution in [3.63, 3.8) is 0 Å². The topological polar surface area (TPSA) is 87.2 Å². The Kier molecular flexibility index (Phi) is 5.54. The van der Waals surface area contributed by atoms with Gasteiger partial charge in [-0.1, -0.05) is 19.9 Å². The minimum Gasteiger partial charge on any atom is -0.398 e. The fraction of sp³-hybridized carbons (Fsp3) is 0.500. The maximum Gasteiger partial charge on any atom is 0.243 e. The summed E-state index contributed by atoms with van der Waals surface area (Å²) in [7, 11) is -3.61. The van der Waals surface area contributed by atoms with E-state index in [2.05, 4.69) is 0 Å². The highest BCUT2D eigenvalue weighted by Crippen LogP contribution is 2.21. The molecule has 20 heavy (non-hydrogen) atoms. The molecule has 0 aliphatic carbocycles. The number of nitriles is 1. The van der Waals surface area contributed by atoms with Crippen LogP contribution in [0.25, 0.3) is 0 Å². The number of nitrogen functional groups attached to an aromatic ring is 1. The second kappa shape index (κ2) is 6.73. The molecule has 0 saturated heterocycles. The van der Waals surface area contributed by atoms with Crippen molar-refractivity contribution in [1.29, 1.82) is 5.26 Å². The second-order valence-electron chi connectivity index (χ2n) is 5.18. The van der Waals surface area contributed by atoms with Crippen LogP contribution in [0.4, 0.5) is 5.69 Å². The molecule has 0 heterocycles. The van der Waals surface area contributed by atoms with Gasteiger partial charge in [-0.3, -0.25) is 0 Å². The molecule has 0 aliphatic rings. The van der Waals surface area contributed by atoms with Crippen molar-refractivity contribution >= 4 is 15.7 Å². The van der Waals surface area contributed by atoms with E-state index in [4.69, 9.17) is 11.0 Å². The largest absolute Gasteiger partial charge is 0.398 e. The summed E-state index contributed by atoms with van der Waals surface area (Å²) in [5.41, 5.74) is 7.08. The van der Waals surface area contributed by atoms with Crippen LogP contribution in [-0.4, -0.2) is 25.8 Å². The number of hydrogen-bond donors (Lipinski definition) is 1. The van der Waals surface area contributed by atoms with Gasteiger partial charge in [0.05, 0.1) is 11.0 Å². The molecule has 0 aliphatic heterocycles. The highest BCUT2D eigenvalue weighted by Gasteiger charge is 2.25. The molecular formula is C14H21N3O2S. The van der Waals surface area contributed by atoms with Gasteiger partial charge in [0.25, 0.3) is 0 Å². The standard InChI is InChI=1S/C14H21N3O2S/c1-11(2)10-17(8-4-7-15)20(18,19)13-6-5-12(3)14(16)9-13/h5-6,9,11H,4,8,10,16H2,1-3H3. The van der Waals surface area contributed by atoms with Gasteiger partial charge in [0.1, 0.15) is 0 Å². The van der Waals surface area contributed by atoms with Crippen molar-refractivity contribution in [3.05, 3.63) is 23.8 Å². The summed E-state index contributed by atoms with van der Waals surface area (Å²) in [6, 6.07) is 6.71. The van der Waals surface area contributed by atoms with E-state index in [0.29, 0.717) is 12.2 Å². The first kappa shape index (κ1) is 16.5. The summed E-state index contributed by atoms with van der Waals surface area (Å²) in [5, 5.41) is 8.67. The molecule has 1 rings (SSSR count). The fourth-order valence-corrected chi connectivity index (χ4v) is 3.46. The van der Waals surface area contributed by atoms with Crippen LogP contribution in [-0.2, 0) is 10.0 Å². The summed E-state index contributed by atoms with van der Waals surface area (Å²) >= 11 is 0. The summed E-state index contributed by atoms with van der Waals surface area (Å²) < 4.78 is 26.5. The maximum atomic E-state index is 12.6. The van der Waals surface area contributed by atoms with E-state index in [9.17, 15) is 8.42 Å². The quantitative estimate of drug-likeness (QED) is 0.814. The Morgan fingerprint density at radius 2 is 2.05 bits per heavy atom. The van der Waals surface area contributed by atoms with Gasteiger partial charge in [-0.05, 0) is 30.5 Å². The van der Waals surface area contributed by atoms with Gasteiger partial charge in [0, 0.05) is 25.2 Å². The van der Waals surface area contributed by atoms with Crippen LogP contribution in [0, 0.1) is 24.2 Å². The van der Waals surface area contributed by atoms with E-state index in [1.807, 2.05) is 26.8 Å². The third-order valence-corrected chi connectivity index (χ3v) is 4.79. The predicted octanol–water partition coefficient (Wildman–Crippen LogP) is 2.14. The van der Waals surface area contributed by atoms with Crippen LogP contribution in [0.3, 0.4) is 0 Å². The van der Waals surface area contributed by atoms with E-state index >= 15 is 0 Å². The Hall–Kier alpha value is -1.58. The Morgan fingerprint density at radius 3 is 2.55 bits per heavy atom. The number of anilines is 1. The lowest BCUT2D eigenvalue weighted by molar-refractivity contribution is 0.373. The molecule has 0 amide bonds. The smallest absolute Gasteiger partial charge is 0.243 e. The van der Waals surface area contributed by atoms with Crippen LogP contribution in [0.1, 0.15) is 25.8 Å². The van der Waals surface area contributed by atoms with E-state index in [1.54, 1.807) is 12.1 Å². The van der Waals surface area contributed by atoms with Gasteiger partial charge in [-0.15, -0.1) is 0 Å². The number of nitrogens with zero attached hydrogens (tertiary/aromatic N) is 2. The molecule has 110 valence electrons. The van der Waals surface area contributed by atoms with Gasteiger partial charge < -0.3 is 5.73 Å². The van der Waals surface area contributed by atoms with Gasteiger partial charge in [-0.25, -0.2) is 8.42 Å². The van der Waals surface area contributed by atoms with Crippen molar-refractivity contribution in [2.24, 2.45) is 5.92 Å². The number of nitrogens with two attached hydrogens (primary N) is 1. The highest BCUT2D eigenvalue weighted by atomic mass is 32.2. The highest BCUT2D eigenvalue weighted by molar-refractivity contribution is 7.89. The lowest BCUT2D eigenvalue weighted by Crippen LogP contribution is -2.35. The average molecular weight is 295 g/mol. The maximum absolute atomic E-state index is 12.6. The SMILES string of the molecule is Cc1ccc(S(=O)(=O)N(CCC#N)CC(C)C)cc1N. The van der Waals surface area contributed by atoms with Crippen molar-refractivity contribution in [2.45, 2.75) is 32.1 Å². The van der Waals surface area contributed by atoms with Crippen molar-refractivity contribution < 1.29 is 8.42 Å². The fourth-order valence-electron chi connectivity index (χ4n) is 1.82. The van der Waals surface area contributed by atoms with Crippen molar-refractivity contribution in [1.82, 2.24) is 4.31 Å². The molecule has 5 nitrogen and oxygen atoms in total. The average Bonchev–Trinajstić information content (AvgIpc) is 2.37. The van der Waals surface area contributed by atoms with Crippen LogP contribution in [0.15, 0.2) is 23.1 Å². The Bertz CT molecular complexity index is 603. The summed E-state index contributed by atoms with van der Waals surface area (Å²) in [6.45, 7) is 6.30. The summed E-state index contributed by atoms with van der Waals surface area (Å²) in [4.78, 5) is 0.180. The molecule has 0 atom stereocenters. The molecule has 0 aromatic heterocycles. The molecule has 6 heteroatoms. The summed E-state index contributed by atoms with van der Waals surface area (Å²) in [6.07, 6.45) is 0.174. The minimum atomic E-state index is -3.61. The second-order valence-corrected chi connectivity index (χ2v) is 7.12. The third kappa shape index (κ3) is 3.95. The van der Waals surface area contributed by atoms with Gasteiger partial charge in [0.15, 0.2) is 0 Å². The third-order valence-electron chi connectivity index (χ3n) is 2.93. The Labute approximate surface area is 121 Å². The molecule has 0 spiro atoms. The van der Waals surface area contributed by atoms with Crippen molar-refractivity contribution in [3.8, 4) is 6.07 Å². The van der Waals surface area contributed by atoms with E-state index in [-0.39, 0.29) is 23.8 Å². The number of sulfonamides is 1.